The largest absolute Gasteiger partial charge is 0.490 e. The molecule has 0 fully saturated rings. The number of methoxy groups -OCH3 is 1. The van der Waals surface area contributed by atoms with E-state index in [-0.39, 0.29) is 24.4 Å². The molecule has 1 heterocycles. The van der Waals surface area contributed by atoms with E-state index in [1.54, 1.807) is 6.08 Å². The van der Waals surface area contributed by atoms with Gasteiger partial charge in [0.05, 0.1) is 13.5 Å². The summed E-state index contributed by atoms with van der Waals surface area (Å²) in [6.07, 6.45) is 5.06. The maximum Gasteiger partial charge on any atom is 0.309 e. The second-order valence-corrected chi connectivity index (χ2v) is 5.48. The van der Waals surface area contributed by atoms with Gasteiger partial charge in [0.2, 0.25) is 0 Å². The molecule has 4 heteroatoms. The molecular formula is C18H24O4. The van der Waals surface area contributed by atoms with Gasteiger partial charge in [-0.25, -0.2) is 0 Å². The van der Waals surface area contributed by atoms with Crippen LogP contribution >= 0.6 is 0 Å². The molecule has 0 N–H and O–H groups in total. The van der Waals surface area contributed by atoms with E-state index in [1.807, 2.05) is 18.2 Å². The quantitative estimate of drug-likeness (QED) is 0.540. The normalized spacial score (nSPS) is 19.2. The zero-order chi connectivity index (χ0) is 15.9. The van der Waals surface area contributed by atoms with Gasteiger partial charge in [-0.15, -0.1) is 0 Å². The zero-order valence-electron chi connectivity index (χ0n) is 13.3. The predicted molar refractivity (Wildman–Crippen MR) is 85.4 cm³/mol. The van der Waals surface area contributed by atoms with E-state index in [4.69, 9.17) is 14.2 Å². The van der Waals surface area contributed by atoms with Crippen molar-refractivity contribution in [3.63, 3.8) is 0 Å². The van der Waals surface area contributed by atoms with Gasteiger partial charge < -0.3 is 14.2 Å². The lowest BCUT2D eigenvalue weighted by Crippen LogP contribution is -2.23. The second kappa shape index (κ2) is 7.87. The summed E-state index contributed by atoms with van der Waals surface area (Å²) in [5, 5.41) is 0. The highest BCUT2D eigenvalue weighted by atomic mass is 16.5. The van der Waals surface area contributed by atoms with Crippen molar-refractivity contribution in [3.05, 3.63) is 36.4 Å². The summed E-state index contributed by atoms with van der Waals surface area (Å²) in [5.41, 5.74) is 1.13. The fourth-order valence-corrected chi connectivity index (χ4v) is 2.81. The molecule has 0 saturated heterocycles. The van der Waals surface area contributed by atoms with E-state index in [0.717, 1.165) is 36.3 Å². The molecule has 1 aliphatic heterocycles. The van der Waals surface area contributed by atoms with E-state index in [1.165, 1.54) is 7.11 Å². The Morgan fingerprint density at radius 3 is 2.95 bits per heavy atom. The molecule has 0 aromatic heterocycles. The van der Waals surface area contributed by atoms with Crippen LogP contribution in [0.2, 0.25) is 0 Å². The average Bonchev–Trinajstić information content (AvgIpc) is 2.87. The van der Waals surface area contributed by atoms with E-state index in [2.05, 4.69) is 13.5 Å². The van der Waals surface area contributed by atoms with Crippen LogP contribution in [-0.4, -0.2) is 25.8 Å². The summed E-state index contributed by atoms with van der Waals surface area (Å²) in [5.74, 6) is 1.63. The van der Waals surface area contributed by atoms with Crippen LogP contribution in [0.15, 0.2) is 30.9 Å². The molecule has 1 aliphatic rings. The van der Waals surface area contributed by atoms with Gasteiger partial charge >= 0.3 is 5.97 Å². The van der Waals surface area contributed by atoms with Gasteiger partial charge in [-0.3, -0.25) is 4.79 Å². The molecule has 0 amide bonds. The van der Waals surface area contributed by atoms with Crippen LogP contribution in [-0.2, 0) is 9.53 Å². The van der Waals surface area contributed by atoms with Gasteiger partial charge in [-0.1, -0.05) is 32.4 Å². The molecule has 0 aliphatic carbocycles. The molecule has 0 unspecified atom stereocenters. The topological polar surface area (TPSA) is 44.8 Å². The van der Waals surface area contributed by atoms with E-state index in [0.29, 0.717) is 6.61 Å². The third kappa shape index (κ3) is 3.81. The van der Waals surface area contributed by atoms with Crippen molar-refractivity contribution in [3.8, 4) is 11.5 Å². The Morgan fingerprint density at radius 1 is 1.45 bits per heavy atom. The smallest absolute Gasteiger partial charge is 0.309 e. The number of esters is 1. The van der Waals surface area contributed by atoms with Gasteiger partial charge in [-0.2, -0.15) is 0 Å². The van der Waals surface area contributed by atoms with Crippen LogP contribution in [0, 0.1) is 0 Å². The number of benzene rings is 1. The highest BCUT2D eigenvalue weighted by Gasteiger charge is 2.35. The first kappa shape index (κ1) is 16.4. The number of hydrogen-bond acceptors (Lipinski definition) is 4. The Balaban J connectivity index is 2.19. The minimum absolute atomic E-state index is 0.149. The minimum atomic E-state index is -0.234. The first-order valence-corrected chi connectivity index (χ1v) is 7.80. The van der Waals surface area contributed by atoms with Crippen LogP contribution in [0.5, 0.6) is 11.5 Å². The molecule has 22 heavy (non-hydrogen) atoms. The molecule has 0 spiro atoms. The lowest BCUT2D eigenvalue weighted by Gasteiger charge is -2.18. The Kier molecular flexibility index (Phi) is 5.87. The molecule has 0 saturated carbocycles. The van der Waals surface area contributed by atoms with Gasteiger partial charge in [0.25, 0.3) is 0 Å². The third-order valence-electron chi connectivity index (χ3n) is 3.94. The zero-order valence-corrected chi connectivity index (χ0v) is 13.3. The Labute approximate surface area is 132 Å². The fraction of sp³-hybridized carbons (Fsp3) is 0.500. The summed E-state index contributed by atoms with van der Waals surface area (Å²) >= 11 is 0. The minimum Gasteiger partial charge on any atom is -0.490 e. The monoisotopic (exact) mass is 304 g/mol. The SMILES string of the molecule is C=CCOc1ccc2c(c1)[C@@H](CCCC)[C@H](CC(=O)OC)O2. The third-order valence-corrected chi connectivity index (χ3v) is 3.94. The number of carbonyl (C=O) groups excluding carboxylic acids is 1. The molecule has 120 valence electrons. The number of hydrogen-bond donors (Lipinski definition) is 0. The van der Waals surface area contributed by atoms with Crippen molar-refractivity contribution in [1.82, 2.24) is 0 Å². The summed E-state index contributed by atoms with van der Waals surface area (Å²) in [6, 6.07) is 5.83. The number of carbonyl (C=O) groups is 1. The van der Waals surface area contributed by atoms with Crippen LogP contribution in [0.25, 0.3) is 0 Å². The van der Waals surface area contributed by atoms with Crippen molar-refractivity contribution in [2.45, 2.75) is 44.6 Å². The number of ether oxygens (including phenoxy) is 3. The van der Waals surface area contributed by atoms with Crippen LogP contribution < -0.4 is 9.47 Å². The first-order valence-electron chi connectivity index (χ1n) is 7.80. The van der Waals surface area contributed by atoms with Crippen molar-refractivity contribution < 1.29 is 19.0 Å². The van der Waals surface area contributed by atoms with Crippen LogP contribution in [0.3, 0.4) is 0 Å². The first-order chi connectivity index (χ1) is 10.7. The molecule has 2 rings (SSSR count). The molecule has 0 radical (unpaired) electrons. The van der Waals surface area contributed by atoms with E-state index < -0.39 is 0 Å². The molecule has 4 nitrogen and oxygen atoms in total. The standard InChI is InChI=1S/C18H24O4/c1-4-6-7-14-15-11-13(21-10-5-2)8-9-16(15)22-17(14)12-18(19)20-3/h5,8-9,11,14,17H,2,4,6-7,10,12H2,1,3H3/t14-,17+/m1/s1. The maximum absolute atomic E-state index is 11.6. The molecule has 1 aromatic carbocycles. The predicted octanol–water partition coefficient (Wildman–Crippen LogP) is 3.85. The highest BCUT2D eigenvalue weighted by molar-refractivity contribution is 5.70. The summed E-state index contributed by atoms with van der Waals surface area (Å²) in [4.78, 5) is 11.6. The van der Waals surface area contributed by atoms with Crippen molar-refractivity contribution in [2.24, 2.45) is 0 Å². The van der Waals surface area contributed by atoms with Gasteiger partial charge in [-0.05, 0) is 24.6 Å². The maximum atomic E-state index is 11.6. The number of unbranched alkanes of at least 4 members (excludes halogenated alkanes) is 1. The Bertz CT molecular complexity index is 524. The Morgan fingerprint density at radius 2 is 2.27 bits per heavy atom. The van der Waals surface area contributed by atoms with Crippen LogP contribution in [0.1, 0.15) is 44.1 Å². The summed E-state index contributed by atoms with van der Waals surface area (Å²) < 4.78 is 16.4. The Hall–Kier alpha value is -1.97. The van der Waals surface area contributed by atoms with E-state index in [9.17, 15) is 4.79 Å². The summed E-state index contributed by atoms with van der Waals surface area (Å²) in [6.45, 7) is 6.30. The van der Waals surface area contributed by atoms with Crippen molar-refractivity contribution in [2.75, 3.05) is 13.7 Å². The summed E-state index contributed by atoms with van der Waals surface area (Å²) in [7, 11) is 1.41. The van der Waals surface area contributed by atoms with Gasteiger partial charge in [0.1, 0.15) is 24.2 Å². The van der Waals surface area contributed by atoms with Crippen molar-refractivity contribution in [1.29, 1.82) is 0 Å². The lowest BCUT2D eigenvalue weighted by molar-refractivity contribution is -0.142. The van der Waals surface area contributed by atoms with Crippen LogP contribution in [0.4, 0.5) is 0 Å². The fourth-order valence-electron chi connectivity index (χ4n) is 2.81. The number of fused-ring (bicyclic) bond motifs is 1. The lowest BCUT2D eigenvalue weighted by atomic mass is 9.89. The molecule has 1 aromatic rings. The second-order valence-electron chi connectivity index (χ2n) is 5.48. The van der Waals surface area contributed by atoms with Gasteiger partial charge in [0, 0.05) is 11.5 Å². The molecular weight excluding hydrogens is 280 g/mol. The molecule has 2 atom stereocenters. The van der Waals surface area contributed by atoms with Crippen molar-refractivity contribution >= 4 is 5.97 Å². The molecule has 0 bridgehead atoms. The van der Waals surface area contributed by atoms with E-state index >= 15 is 0 Å². The number of rotatable bonds is 8. The van der Waals surface area contributed by atoms with Gasteiger partial charge in [0.15, 0.2) is 0 Å². The highest BCUT2D eigenvalue weighted by Crippen LogP contribution is 2.44. The average molecular weight is 304 g/mol.